The standard InChI is InChI=1S/C18H20F4O3/c1-8(2)5-11-12(18(11,3)4)17(24)25-7-10-15(21)13(19)9(6-23)14(20)16(10)22/h5,11-12,23H,6-7H2,1-4H3/t11-,12-/m0/s1. The number of carbonyl (C=O) groups is 1. The summed E-state index contributed by atoms with van der Waals surface area (Å²) < 4.78 is 59.9. The molecule has 1 fully saturated rings. The summed E-state index contributed by atoms with van der Waals surface area (Å²) in [5, 5.41) is 8.79. The molecular weight excluding hydrogens is 340 g/mol. The number of aliphatic hydroxyl groups is 1. The van der Waals surface area contributed by atoms with Gasteiger partial charge < -0.3 is 9.84 Å². The quantitative estimate of drug-likeness (QED) is 0.373. The van der Waals surface area contributed by atoms with Gasteiger partial charge in [-0.3, -0.25) is 4.79 Å². The van der Waals surface area contributed by atoms with Gasteiger partial charge in [-0.05, 0) is 25.2 Å². The van der Waals surface area contributed by atoms with Crippen molar-refractivity contribution in [3.05, 3.63) is 46.0 Å². The molecule has 0 unspecified atom stereocenters. The highest BCUT2D eigenvalue weighted by molar-refractivity contribution is 5.78. The van der Waals surface area contributed by atoms with Crippen molar-refractivity contribution in [2.24, 2.45) is 17.3 Å². The summed E-state index contributed by atoms with van der Waals surface area (Å²) in [5.41, 5.74) is -1.45. The van der Waals surface area contributed by atoms with Gasteiger partial charge in [-0.1, -0.05) is 25.5 Å². The van der Waals surface area contributed by atoms with Crippen LogP contribution in [0.3, 0.4) is 0 Å². The van der Waals surface area contributed by atoms with Crippen LogP contribution >= 0.6 is 0 Å². The Morgan fingerprint density at radius 3 is 2.00 bits per heavy atom. The molecule has 0 bridgehead atoms. The number of esters is 1. The van der Waals surface area contributed by atoms with E-state index in [2.05, 4.69) is 0 Å². The highest BCUT2D eigenvalue weighted by atomic mass is 19.2. The van der Waals surface area contributed by atoms with Crippen molar-refractivity contribution >= 4 is 5.97 Å². The molecule has 2 rings (SSSR count). The van der Waals surface area contributed by atoms with Crippen LogP contribution in [0.5, 0.6) is 0 Å². The van der Waals surface area contributed by atoms with Crippen LogP contribution in [0.25, 0.3) is 0 Å². The van der Waals surface area contributed by atoms with Crippen LogP contribution < -0.4 is 0 Å². The van der Waals surface area contributed by atoms with E-state index in [1.807, 2.05) is 33.8 Å². The molecule has 0 radical (unpaired) electrons. The number of ether oxygens (including phenoxy) is 1. The monoisotopic (exact) mass is 360 g/mol. The molecule has 7 heteroatoms. The van der Waals surface area contributed by atoms with Crippen LogP contribution in [0.4, 0.5) is 17.6 Å². The van der Waals surface area contributed by atoms with Crippen LogP contribution in [0, 0.1) is 40.5 Å². The molecule has 0 aromatic heterocycles. The lowest BCUT2D eigenvalue weighted by Crippen LogP contribution is -2.14. The van der Waals surface area contributed by atoms with Gasteiger partial charge in [-0.2, -0.15) is 0 Å². The zero-order valence-electron chi connectivity index (χ0n) is 14.4. The fourth-order valence-corrected chi connectivity index (χ4v) is 3.02. The van der Waals surface area contributed by atoms with Crippen LogP contribution in [-0.2, 0) is 22.7 Å². The molecular formula is C18H20F4O3. The van der Waals surface area contributed by atoms with Crippen LogP contribution in [0.15, 0.2) is 11.6 Å². The molecule has 1 saturated carbocycles. The van der Waals surface area contributed by atoms with Crippen molar-refractivity contribution in [2.45, 2.75) is 40.9 Å². The minimum Gasteiger partial charge on any atom is -0.460 e. The van der Waals surface area contributed by atoms with Gasteiger partial charge in [0.1, 0.15) is 6.61 Å². The van der Waals surface area contributed by atoms with E-state index in [-0.39, 0.29) is 11.3 Å². The molecule has 25 heavy (non-hydrogen) atoms. The zero-order valence-corrected chi connectivity index (χ0v) is 14.4. The molecule has 2 atom stereocenters. The van der Waals surface area contributed by atoms with Gasteiger partial charge in [0, 0.05) is 0 Å². The van der Waals surface area contributed by atoms with Gasteiger partial charge in [0.2, 0.25) is 0 Å². The highest BCUT2D eigenvalue weighted by Crippen LogP contribution is 2.59. The largest absolute Gasteiger partial charge is 0.460 e. The maximum atomic E-state index is 13.9. The average Bonchev–Trinajstić information content (AvgIpc) is 3.05. The SMILES string of the molecule is CC(C)=C[C@H]1[C@@H](C(=O)OCc2c(F)c(F)c(CO)c(F)c2F)C1(C)C. The lowest BCUT2D eigenvalue weighted by molar-refractivity contribution is -0.147. The Labute approximate surface area is 143 Å². The molecule has 0 aliphatic heterocycles. The first-order valence-electron chi connectivity index (χ1n) is 7.80. The van der Waals surface area contributed by atoms with E-state index in [9.17, 15) is 22.4 Å². The van der Waals surface area contributed by atoms with E-state index in [4.69, 9.17) is 9.84 Å². The lowest BCUT2D eigenvalue weighted by Gasteiger charge is -2.11. The Hall–Kier alpha value is -1.89. The van der Waals surface area contributed by atoms with E-state index >= 15 is 0 Å². The molecule has 1 aliphatic carbocycles. The molecule has 3 nitrogen and oxygen atoms in total. The van der Waals surface area contributed by atoms with Gasteiger partial charge in [0.25, 0.3) is 0 Å². The summed E-state index contributed by atoms with van der Waals surface area (Å²) in [6.07, 6.45) is 1.92. The summed E-state index contributed by atoms with van der Waals surface area (Å²) in [7, 11) is 0. The molecule has 1 aliphatic rings. The fourth-order valence-electron chi connectivity index (χ4n) is 3.02. The summed E-state index contributed by atoms with van der Waals surface area (Å²) in [6.45, 7) is 5.38. The molecule has 0 spiro atoms. The molecule has 1 aromatic carbocycles. The molecule has 0 heterocycles. The predicted molar refractivity (Wildman–Crippen MR) is 82.2 cm³/mol. The topological polar surface area (TPSA) is 46.5 Å². The van der Waals surface area contributed by atoms with Crippen LogP contribution in [0.1, 0.15) is 38.8 Å². The first-order chi connectivity index (χ1) is 11.5. The van der Waals surface area contributed by atoms with E-state index in [1.54, 1.807) is 0 Å². The number of allylic oxidation sites excluding steroid dienone is 2. The molecule has 1 aromatic rings. The van der Waals surface area contributed by atoms with Crippen molar-refractivity contribution in [1.82, 2.24) is 0 Å². The predicted octanol–water partition coefficient (Wildman–Crippen LogP) is 4.02. The van der Waals surface area contributed by atoms with Gasteiger partial charge in [0.15, 0.2) is 23.3 Å². The molecule has 0 amide bonds. The maximum absolute atomic E-state index is 13.9. The first kappa shape index (κ1) is 19.4. The van der Waals surface area contributed by atoms with Gasteiger partial charge >= 0.3 is 5.97 Å². The lowest BCUT2D eigenvalue weighted by atomic mass is 10.1. The van der Waals surface area contributed by atoms with Crippen molar-refractivity contribution in [3.63, 3.8) is 0 Å². The Morgan fingerprint density at radius 1 is 1.08 bits per heavy atom. The summed E-state index contributed by atoms with van der Waals surface area (Å²) in [5.74, 6) is -7.97. The molecule has 138 valence electrons. The third kappa shape index (κ3) is 3.42. The normalized spacial score (nSPS) is 21.0. The van der Waals surface area contributed by atoms with Crippen LogP contribution in [-0.4, -0.2) is 11.1 Å². The summed E-state index contributed by atoms with van der Waals surface area (Å²) in [6, 6.07) is 0. The average molecular weight is 360 g/mol. The second kappa shape index (κ2) is 6.78. The Bertz CT molecular complexity index is 707. The zero-order chi connectivity index (χ0) is 19.1. The number of hydrogen-bond donors (Lipinski definition) is 1. The number of rotatable bonds is 5. The third-order valence-corrected chi connectivity index (χ3v) is 4.64. The Balaban J connectivity index is 2.18. The van der Waals surface area contributed by atoms with E-state index < -0.39 is 59.5 Å². The second-order valence-electron chi connectivity index (χ2n) is 7.05. The maximum Gasteiger partial charge on any atom is 0.310 e. The fraction of sp³-hybridized carbons (Fsp3) is 0.500. The minimum absolute atomic E-state index is 0.0649. The highest BCUT2D eigenvalue weighted by Gasteiger charge is 2.61. The number of hydrogen-bond acceptors (Lipinski definition) is 3. The van der Waals surface area contributed by atoms with Gasteiger partial charge in [0.05, 0.1) is 23.7 Å². The first-order valence-corrected chi connectivity index (χ1v) is 7.80. The molecule has 1 N–H and O–H groups in total. The number of aliphatic hydroxyl groups excluding tert-OH is 1. The molecule has 0 saturated heterocycles. The second-order valence-corrected chi connectivity index (χ2v) is 7.05. The third-order valence-electron chi connectivity index (χ3n) is 4.64. The van der Waals surface area contributed by atoms with Crippen molar-refractivity contribution < 1.29 is 32.2 Å². The van der Waals surface area contributed by atoms with Gasteiger partial charge in [-0.25, -0.2) is 17.6 Å². The number of halogens is 4. The number of carbonyl (C=O) groups excluding carboxylic acids is 1. The Morgan fingerprint density at radius 2 is 1.56 bits per heavy atom. The number of benzene rings is 1. The summed E-state index contributed by atoms with van der Waals surface area (Å²) in [4.78, 5) is 12.2. The van der Waals surface area contributed by atoms with E-state index in [1.165, 1.54) is 0 Å². The smallest absolute Gasteiger partial charge is 0.310 e. The van der Waals surface area contributed by atoms with Gasteiger partial charge in [-0.15, -0.1) is 0 Å². The van der Waals surface area contributed by atoms with Crippen molar-refractivity contribution in [3.8, 4) is 0 Å². The van der Waals surface area contributed by atoms with E-state index in [0.29, 0.717) is 0 Å². The Kier molecular flexibility index (Phi) is 5.27. The summed E-state index contributed by atoms with van der Waals surface area (Å²) >= 11 is 0. The minimum atomic E-state index is -1.69. The van der Waals surface area contributed by atoms with E-state index in [0.717, 1.165) is 5.57 Å². The van der Waals surface area contributed by atoms with Crippen molar-refractivity contribution in [1.29, 1.82) is 0 Å². The van der Waals surface area contributed by atoms with Crippen LogP contribution in [0.2, 0.25) is 0 Å². The van der Waals surface area contributed by atoms with Crippen molar-refractivity contribution in [2.75, 3.05) is 0 Å².